The second kappa shape index (κ2) is 6.91. The summed E-state index contributed by atoms with van der Waals surface area (Å²) in [7, 11) is -1.88. The Morgan fingerprint density at radius 3 is 2.86 bits per heavy atom. The number of sulfonamides is 1. The van der Waals surface area contributed by atoms with Crippen LogP contribution in [0.15, 0.2) is 21.5 Å². The van der Waals surface area contributed by atoms with Crippen LogP contribution in [0.25, 0.3) is 0 Å². The van der Waals surface area contributed by atoms with Crippen LogP contribution in [0.2, 0.25) is 5.02 Å². The van der Waals surface area contributed by atoms with E-state index in [-0.39, 0.29) is 20.3 Å². The Balaban J connectivity index is 2.34. The van der Waals surface area contributed by atoms with Crippen molar-refractivity contribution >= 4 is 37.6 Å². The summed E-state index contributed by atoms with van der Waals surface area (Å²) in [4.78, 5) is -0.0596. The molecule has 4 nitrogen and oxygen atoms in total. The van der Waals surface area contributed by atoms with Crippen LogP contribution in [0.5, 0.6) is 0 Å². The highest BCUT2D eigenvalue weighted by Gasteiger charge is 2.33. The fourth-order valence-corrected chi connectivity index (χ4v) is 5.91. The highest BCUT2D eigenvalue weighted by molar-refractivity contribution is 9.10. The van der Waals surface area contributed by atoms with Gasteiger partial charge in [0.05, 0.1) is 5.02 Å². The van der Waals surface area contributed by atoms with E-state index in [1.54, 1.807) is 0 Å². The molecule has 1 saturated heterocycles. The molecule has 1 fully saturated rings. The lowest BCUT2D eigenvalue weighted by Gasteiger charge is -2.32. The van der Waals surface area contributed by atoms with E-state index >= 15 is 0 Å². The number of halogens is 3. The smallest absolute Gasteiger partial charge is 0.245 e. The summed E-state index contributed by atoms with van der Waals surface area (Å²) >= 11 is 9.05. The summed E-state index contributed by atoms with van der Waals surface area (Å²) in [5.74, 6) is -0.297. The van der Waals surface area contributed by atoms with Crippen molar-refractivity contribution in [2.75, 3.05) is 26.7 Å². The van der Waals surface area contributed by atoms with Gasteiger partial charge in [-0.25, -0.2) is 12.8 Å². The van der Waals surface area contributed by atoms with E-state index in [2.05, 4.69) is 21.2 Å². The molecule has 2 rings (SSSR count). The Hall–Kier alpha value is -0.210. The predicted molar refractivity (Wildman–Crippen MR) is 84.5 cm³/mol. The van der Waals surface area contributed by atoms with Crippen LogP contribution in [-0.2, 0) is 10.0 Å². The third-order valence-electron chi connectivity index (χ3n) is 3.54. The maximum atomic E-state index is 13.3. The van der Waals surface area contributed by atoms with E-state index in [9.17, 15) is 12.8 Å². The quantitative estimate of drug-likeness (QED) is 0.847. The molecule has 1 unspecified atom stereocenters. The van der Waals surface area contributed by atoms with Gasteiger partial charge in [-0.1, -0.05) is 11.6 Å². The van der Waals surface area contributed by atoms with Crippen molar-refractivity contribution in [3.8, 4) is 0 Å². The van der Waals surface area contributed by atoms with E-state index in [0.29, 0.717) is 13.1 Å². The van der Waals surface area contributed by atoms with E-state index in [1.165, 1.54) is 4.31 Å². The first-order valence-corrected chi connectivity index (χ1v) is 9.26. The van der Waals surface area contributed by atoms with Gasteiger partial charge in [-0.15, -0.1) is 0 Å². The van der Waals surface area contributed by atoms with Gasteiger partial charge in [0.1, 0.15) is 10.7 Å². The maximum absolute atomic E-state index is 13.3. The average Bonchev–Trinajstić information content (AvgIpc) is 2.37. The first-order valence-electron chi connectivity index (χ1n) is 6.65. The zero-order valence-electron chi connectivity index (χ0n) is 11.6. The second-order valence-electron chi connectivity index (χ2n) is 5.13. The van der Waals surface area contributed by atoms with Crippen molar-refractivity contribution in [3.05, 3.63) is 27.4 Å². The highest BCUT2D eigenvalue weighted by atomic mass is 79.9. The normalized spacial score (nSPS) is 20.7. The summed E-state index contributed by atoms with van der Waals surface area (Å²) in [6.45, 7) is 1.68. The first kappa shape index (κ1) is 17.1. The molecule has 0 bridgehead atoms. The number of hydrogen-bond donors (Lipinski definition) is 1. The monoisotopic (exact) mass is 398 g/mol. The van der Waals surface area contributed by atoms with Gasteiger partial charge in [0, 0.05) is 17.6 Å². The van der Waals surface area contributed by atoms with Crippen LogP contribution in [0.4, 0.5) is 4.39 Å². The Morgan fingerprint density at radius 2 is 2.24 bits per heavy atom. The molecule has 118 valence electrons. The molecule has 21 heavy (non-hydrogen) atoms. The van der Waals surface area contributed by atoms with Crippen molar-refractivity contribution in [2.45, 2.75) is 17.7 Å². The summed E-state index contributed by atoms with van der Waals surface area (Å²) in [5, 5.41) is 2.97. The summed E-state index contributed by atoms with van der Waals surface area (Å²) in [6, 6.07) is 2.14. The Labute approximate surface area is 137 Å². The minimum absolute atomic E-state index is 0.0596. The summed E-state index contributed by atoms with van der Waals surface area (Å²) in [5.41, 5.74) is 0. The fourth-order valence-electron chi connectivity index (χ4n) is 2.60. The molecule has 1 aromatic rings. The Kier molecular flexibility index (Phi) is 5.65. The van der Waals surface area contributed by atoms with E-state index in [4.69, 9.17) is 11.6 Å². The van der Waals surface area contributed by atoms with Crippen molar-refractivity contribution in [2.24, 2.45) is 5.92 Å². The highest BCUT2D eigenvalue weighted by Crippen LogP contribution is 2.34. The summed E-state index contributed by atoms with van der Waals surface area (Å²) in [6.07, 6.45) is 1.80. The van der Waals surface area contributed by atoms with E-state index in [0.717, 1.165) is 31.5 Å². The minimum Gasteiger partial charge on any atom is -0.319 e. The molecule has 1 atom stereocenters. The fraction of sp³-hybridized carbons (Fsp3) is 0.538. The Morgan fingerprint density at radius 1 is 1.52 bits per heavy atom. The molecule has 1 aliphatic rings. The SMILES string of the molecule is CNCC1CCCN(S(=O)(=O)c2c(Cl)cc(F)cc2Br)C1. The molecular weight excluding hydrogens is 383 g/mol. The average molecular weight is 400 g/mol. The topological polar surface area (TPSA) is 49.4 Å². The lowest BCUT2D eigenvalue weighted by Crippen LogP contribution is -2.42. The molecule has 1 aliphatic heterocycles. The lowest BCUT2D eigenvalue weighted by atomic mass is 10.00. The summed E-state index contributed by atoms with van der Waals surface area (Å²) < 4.78 is 40.4. The standard InChI is InChI=1S/C13H17BrClFN2O2S/c1-17-7-9-3-2-4-18(8-9)21(19,20)13-11(14)5-10(16)6-12(13)15/h5-6,9,17H,2-4,7-8H2,1H3. The van der Waals surface area contributed by atoms with Crippen LogP contribution < -0.4 is 5.32 Å². The first-order chi connectivity index (χ1) is 9.86. The molecule has 0 amide bonds. The Bertz CT molecular complexity index is 602. The molecule has 0 aromatic heterocycles. The van der Waals surface area contributed by atoms with Gasteiger partial charge in [0.25, 0.3) is 0 Å². The van der Waals surface area contributed by atoms with E-state index < -0.39 is 15.8 Å². The lowest BCUT2D eigenvalue weighted by molar-refractivity contribution is 0.263. The minimum atomic E-state index is -3.73. The third kappa shape index (κ3) is 3.76. The van der Waals surface area contributed by atoms with Gasteiger partial charge >= 0.3 is 0 Å². The van der Waals surface area contributed by atoms with Gasteiger partial charge in [0.2, 0.25) is 10.0 Å². The number of hydrogen-bond acceptors (Lipinski definition) is 3. The van der Waals surface area contributed by atoms with Crippen molar-refractivity contribution in [1.82, 2.24) is 9.62 Å². The number of rotatable bonds is 4. The van der Waals surface area contributed by atoms with Crippen LogP contribution in [0.1, 0.15) is 12.8 Å². The molecule has 0 saturated carbocycles. The molecule has 1 N–H and O–H groups in total. The molecular formula is C13H17BrClFN2O2S. The second-order valence-corrected chi connectivity index (χ2v) is 8.26. The maximum Gasteiger partial charge on any atom is 0.245 e. The van der Waals surface area contributed by atoms with E-state index in [1.807, 2.05) is 7.05 Å². The number of benzene rings is 1. The largest absolute Gasteiger partial charge is 0.319 e. The van der Waals surface area contributed by atoms with Crippen LogP contribution in [0, 0.1) is 11.7 Å². The van der Waals surface area contributed by atoms with Crippen LogP contribution >= 0.6 is 27.5 Å². The van der Waals surface area contributed by atoms with Gasteiger partial charge in [-0.2, -0.15) is 4.31 Å². The van der Waals surface area contributed by atoms with Crippen LogP contribution in [-0.4, -0.2) is 39.4 Å². The molecule has 8 heteroatoms. The third-order valence-corrected chi connectivity index (χ3v) is 6.80. The molecule has 1 heterocycles. The number of nitrogens with zero attached hydrogens (tertiary/aromatic N) is 1. The molecule has 0 spiro atoms. The van der Waals surface area contributed by atoms with Gasteiger partial charge in [0.15, 0.2) is 0 Å². The van der Waals surface area contributed by atoms with Gasteiger partial charge in [-0.05, 0) is 60.4 Å². The molecule has 0 radical (unpaired) electrons. The van der Waals surface area contributed by atoms with Gasteiger partial charge < -0.3 is 5.32 Å². The van der Waals surface area contributed by atoms with Crippen molar-refractivity contribution in [1.29, 1.82) is 0 Å². The molecule has 0 aliphatic carbocycles. The predicted octanol–water partition coefficient (Wildman–Crippen LogP) is 2.86. The molecule has 1 aromatic carbocycles. The number of piperidine rings is 1. The van der Waals surface area contributed by atoms with Crippen molar-refractivity contribution in [3.63, 3.8) is 0 Å². The van der Waals surface area contributed by atoms with Gasteiger partial charge in [-0.3, -0.25) is 0 Å². The zero-order chi connectivity index (χ0) is 15.6. The zero-order valence-corrected chi connectivity index (χ0v) is 14.7. The van der Waals surface area contributed by atoms with Crippen LogP contribution in [0.3, 0.4) is 0 Å². The van der Waals surface area contributed by atoms with Crippen molar-refractivity contribution < 1.29 is 12.8 Å². The number of nitrogens with one attached hydrogen (secondary N) is 1.